The van der Waals surface area contributed by atoms with E-state index in [9.17, 15) is 10.1 Å². The fourth-order valence-electron chi connectivity index (χ4n) is 1.52. The molecular weight excluding hydrogens is 208 g/mol. The summed E-state index contributed by atoms with van der Waals surface area (Å²) in [4.78, 5) is 10.3. The van der Waals surface area contributed by atoms with Gasteiger partial charge in [-0.25, -0.2) is 4.68 Å². The van der Waals surface area contributed by atoms with Crippen molar-refractivity contribution in [3.8, 4) is 0 Å². The van der Waals surface area contributed by atoms with E-state index in [4.69, 9.17) is 0 Å². The topological polar surface area (TPSA) is 73.8 Å². The Balaban J connectivity index is 2.70. The molecule has 0 amide bonds. The Labute approximate surface area is 92.0 Å². The molecule has 0 bridgehead atoms. The number of aromatic nitrogens is 3. The maximum atomic E-state index is 10.7. The summed E-state index contributed by atoms with van der Waals surface area (Å²) in [6.45, 7) is 5.92. The van der Waals surface area contributed by atoms with Crippen LogP contribution in [0, 0.1) is 10.1 Å². The van der Waals surface area contributed by atoms with Crippen LogP contribution >= 0.6 is 0 Å². The van der Waals surface area contributed by atoms with Crippen LogP contribution in [0.25, 0.3) is 11.0 Å². The summed E-state index contributed by atoms with van der Waals surface area (Å²) >= 11 is 0. The van der Waals surface area contributed by atoms with Crippen molar-refractivity contribution >= 4 is 16.7 Å². The van der Waals surface area contributed by atoms with Crippen LogP contribution < -0.4 is 0 Å². The summed E-state index contributed by atoms with van der Waals surface area (Å²) in [7, 11) is 0. The third kappa shape index (κ3) is 1.62. The van der Waals surface area contributed by atoms with Gasteiger partial charge in [0.05, 0.1) is 16.0 Å². The predicted octanol–water partition coefficient (Wildman–Crippen LogP) is 2.09. The van der Waals surface area contributed by atoms with Crippen LogP contribution in [-0.2, 0) is 5.54 Å². The molecule has 0 unspecified atom stereocenters. The lowest BCUT2D eigenvalue weighted by Crippen LogP contribution is -2.23. The summed E-state index contributed by atoms with van der Waals surface area (Å²) in [6, 6.07) is 4.55. The van der Waals surface area contributed by atoms with Crippen LogP contribution in [0.15, 0.2) is 18.2 Å². The summed E-state index contributed by atoms with van der Waals surface area (Å²) < 4.78 is 1.69. The van der Waals surface area contributed by atoms with E-state index >= 15 is 0 Å². The van der Waals surface area contributed by atoms with E-state index in [1.54, 1.807) is 10.7 Å². The van der Waals surface area contributed by atoms with Crippen molar-refractivity contribution in [2.45, 2.75) is 26.3 Å². The van der Waals surface area contributed by atoms with Crippen LogP contribution in [0.5, 0.6) is 0 Å². The highest BCUT2D eigenvalue weighted by atomic mass is 16.6. The average molecular weight is 220 g/mol. The minimum atomic E-state index is -0.417. The molecule has 0 radical (unpaired) electrons. The Morgan fingerprint density at radius 2 is 2.06 bits per heavy atom. The third-order valence-corrected chi connectivity index (χ3v) is 2.28. The van der Waals surface area contributed by atoms with Gasteiger partial charge in [0.15, 0.2) is 0 Å². The molecule has 84 valence electrons. The first-order valence-corrected chi connectivity index (χ1v) is 4.90. The number of nitrogens with zero attached hydrogens (tertiary/aromatic N) is 4. The molecule has 16 heavy (non-hydrogen) atoms. The maximum absolute atomic E-state index is 10.7. The van der Waals surface area contributed by atoms with Crippen molar-refractivity contribution in [3.05, 3.63) is 28.3 Å². The molecule has 1 aromatic carbocycles. The lowest BCUT2D eigenvalue weighted by molar-refractivity contribution is -0.384. The number of benzene rings is 1. The summed E-state index contributed by atoms with van der Waals surface area (Å²) in [5.74, 6) is 0. The summed E-state index contributed by atoms with van der Waals surface area (Å²) in [5, 5.41) is 18.7. The second-order valence-electron chi connectivity index (χ2n) is 4.60. The molecule has 0 saturated heterocycles. The van der Waals surface area contributed by atoms with Gasteiger partial charge in [0.25, 0.3) is 5.69 Å². The maximum Gasteiger partial charge on any atom is 0.271 e. The SMILES string of the molecule is CC(C)(C)n1nnc2ccc([N+](=O)[O-])cc21. The number of nitro benzene ring substituents is 1. The summed E-state index contributed by atoms with van der Waals surface area (Å²) in [5.41, 5.74) is 1.16. The Morgan fingerprint density at radius 1 is 1.38 bits per heavy atom. The van der Waals surface area contributed by atoms with Gasteiger partial charge in [-0.2, -0.15) is 0 Å². The molecule has 0 spiro atoms. The van der Waals surface area contributed by atoms with Crippen LogP contribution in [0.4, 0.5) is 5.69 Å². The summed E-state index contributed by atoms with van der Waals surface area (Å²) in [6.07, 6.45) is 0. The molecule has 1 heterocycles. The van der Waals surface area contributed by atoms with Crippen LogP contribution in [0.3, 0.4) is 0 Å². The number of fused-ring (bicyclic) bond motifs is 1. The Hall–Kier alpha value is -1.98. The van der Waals surface area contributed by atoms with E-state index < -0.39 is 4.92 Å². The quantitative estimate of drug-likeness (QED) is 0.544. The molecule has 0 saturated carbocycles. The van der Waals surface area contributed by atoms with E-state index in [0.717, 1.165) is 0 Å². The molecule has 0 N–H and O–H groups in total. The van der Waals surface area contributed by atoms with Crippen molar-refractivity contribution in [2.24, 2.45) is 0 Å². The molecule has 1 aromatic heterocycles. The average Bonchev–Trinajstić information content (AvgIpc) is 2.58. The van der Waals surface area contributed by atoms with Gasteiger partial charge in [0.1, 0.15) is 5.52 Å². The first kappa shape index (κ1) is 10.5. The van der Waals surface area contributed by atoms with Gasteiger partial charge >= 0.3 is 0 Å². The van der Waals surface area contributed by atoms with Crippen LogP contribution in [-0.4, -0.2) is 19.9 Å². The molecule has 0 fully saturated rings. The highest BCUT2D eigenvalue weighted by molar-refractivity contribution is 5.77. The predicted molar refractivity (Wildman–Crippen MR) is 59.2 cm³/mol. The van der Waals surface area contributed by atoms with Crippen LogP contribution in [0.2, 0.25) is 0 Å². The minimum Gasteiger partial charge on any atom is -0.258 e. The molecule has 0 aliphatic heterocycles. The molecule has 0 atom stereocenters. The Bertz CT molecular complexity index is 553. The minimum absolute atomic E-state index is 0.0558. The molecule has 6 heteroatoms. The molecule has 6 nitrogen and oxygen atoms in total. The zero-order valence-corrected chi connectivity index (χ0v) is 9.34. The largest absolute Gasteiger partial charge is 0.271 e. The second-order valence-corrected chi connectivity index (χ2v) is 4.60. The highest BCUT2D eigenvalue weighted by Crippen LogP contribution is 2.23. The highest BCUT2D eigenvalue weighted by Gasteiger charge is 2.19. The first-order valence-electron chi connectivity index (χ1n) is 4.90. The lowest BCUT2D eigenvalue weighted by Gasteiger charge is -2.18. The van der Waals surface area contributed by atoms with Crippen LogP contribution in [0.1, 0.15) is 20.8 Å². The number of hydrogen-bond acceptors (Lipinski definition) is 4. The Kier molecular flexibility index (Phi) is 2.15. The Morgan fingerprint density at radius 3 is 2.62 bits per heavy atom. The van der Waals surface area contributed by atoms with Gasteiger partial charge in [0.2, 0.25) is 0 Å². The second kappa shape index (κ2) is 3.26. The van der Waals surface area contributed by atoms with Crippen molar-refractivity contribution in [1.82, 2.24) is 15.0 Å². The number of rotatable bonds is 1. The van der Waals surface area contributed by atoms with E-state index in [-0.39, 0.29) is 11.2 Å². The van der Waals surface area contributed by atoms with Crippen molar-refractivity contribution in [3.63, 3.8) is 0 Å². The zero-order valence-electron chi connectivity index (χ0n) is 9.34. The zero-order chi connectivity index (χ0) is 11.9. The molecule has 0 aliphatic rings. The number of non-ortho nitro benzene ring substituents is 1. The first-order chi connectivity index (χ1) is 7.39. The number of hydrogen-bond donors (Lipinski definition) is 0. The van der Waals surface area contributed by atoms with Gasteiger partial charge in [-0.1, -0.05) is 5.21 Å². The fourth-order valence-corrected chi connectivity index (χ4v) is 1.52. The van der Waals surface area contributed by atoms with E-state index in [2.05, 4.69) is 10.3 Å². The van der Waals surface area contributed by atoms with Gasteiger partial charge in [-0.05, 0) is 26.8 Å². The van der Waals surface area contributed by atoms with E-state index in [1.807, 2.05) is 20.8 Å². The molecular formula is C10H12N4O2. The van der Waals surface area contributed by atoms with Crippen molar-refractivity contribution in [2.75, 3.05) is 0 Å². The molecule has 2 aromatic rings. The van der Waals surface area contributed by atoms with Gasteiger partial charge in [0, 0.05) is 12.1 Å². The molecule has 2 rings (SSSR count). The van der Waals surface area contributed by atoms with Gasteiger partial charge in [-0.15, -0.1) is 5.10 Å². The standard InChI is InChI=1S/C10H12N4O2/c1-10(2,3)13-9-6-7(14(15)16)4-5-8(9)11-12-13/h4-6H,1-3H3. The van der Waals surface area contributed by atoms with E-state index in [0.29, 0.717) is 11.0 Å². The van der Waals surface area contributed by atoms with E-state index in [1.165, 1.54) is 12.1 Å². The normalized spacial score (nSPS) is 11.9. The monoisotopic (exact) mass is 220 g/mol. The van der Waals surface area contributed by atoms with Gasteiger partial charge < -0.3 is 0 Å². The smallest absolute Gasteiger partial charge is 0.258 e. The number of nitro groups is 1. The van der Waals surface area contributed by atoms with Crippen molar-refractivity contribution < 1.29 is 4.92 Å². The van der Waals surface area contributed by atoms with Crippen molar-refractivity contribution in [1.29, 1.82) is 0 Å². The fraction of sp³-hybridized carbons (Fsp3) is 0.400. The lowest BCUT2D eigenvalue weighted by atomic mass is 10.1. The van der Waals surface area contributed by atoms with Gasteiger partial charge in [-0.3, -0.25) is 10.1 Å². The third-order valence-electron chi connectivity index (χ3n) is 2.28. The molecule has 0 aliphatic carbocycles.